The average Bonchev–Trinajstić information content (AvgIpc) is 2.42. The molecule has 1 heterocycles. The predicted octanol–water partition coefficient (Wildman–Crippen LogP) is 1.15. The largest absolute Gasteiger partial charge is 0.370 e. The Labute approximate surface area is 77.2 Å². The number of hydrogen-bond donors (Lipinski definition) is 1. The molecule has 70 valence electrons. The Morgan fingerprint density at radius 1 is 1.62 bits per heavy atom. The van der Waals surface area contributed by atoms with E-state index in [0.717, 1.165) is 17.7 Å². The van der Waals surface area contributed by atoms with Crippen LogP contribution in [0.2, 0.25) is 0 Å². The van der Waals surface area contributed by atoms with E-state index in [1.807, 2.05) is 13.1 Å². The standard InChI is InChI=1S/C10H13FN2/c1-13-9(6-12)5-7-4-8(11)2-3-10(7)13/h2-4,9H,5-6,12H2,1H3. The molecule has 0 spiro atoms. The van der Waals surface area contributed by atoms with Crippen molar-refractivity contribution in [3.05, 3.63) is 29.6 Å². The molecule has 1 aliphatic rings. The number of benzene rings is 1. The maximum Gasteiger partial charge on any atom is 0.123 e. The number of halogens is 1. The van der Waals surface area contributed by atoms with Crippen LogP contribution in [0.15, 0.2) is 18.2 Å². The summed E-state index contributed by atoms with van der Waals surface area (Å²) >= 11 is 0. The molecule has 0 saturated heterocycles. The number of nitrogens with two attached hydrogens (primary N) is 1. The van der Waals surface area contributed by atoms with Gasteiger partial charge in [0, 0.05) is 25.3 Å². The van der Waals surface area contributed by atoms with Crippen LogP contribution in [0.25, 0.3) is 0 Å². The first-order valence-corrected chi connectivity index (χ1v) is 4.43. The number of hydrogen-bond acceptors (Lipinski definition) is 2. The Balaban J connectivity index is 2.38. The molecule has 2 N–H and O–H groups in total. The summed E-state index contributed by atoms with van der Waals surface area (Å²) in [6.45, 7) is 0.618. The van der Waals surface area contributed by atoms with Crippen molar-refractivity contribution in [3.63, 3.8) is 0 Å². The Kier molecular flexibility index (Phi) is 1.96. The molecule has 1 aromatic rings. The van der Waals surface area contributed by atoms with Gasteiger partial charge in [0.25, 0.3) is 0 Å². The van der Waals surface area contributed by atoms with Crippen molar-refractivity contribution in [2.45, 2.75) is 12.5 Å². The van der Waals surface area contributed by atoms with E-state index in [0.29, 0.717) is 12.6 Å². The maximum absolute atomic E-state index is 12.9. The second kappa shape index (κ2) is 3.00. The van der Waals surface area contributed by atoms with Crippen LogP contribution in [0.5, 0.6) is 0 Å². The van der Waals surface area contributed by atoms with Gasteiger partial charge in [0.05, 0.1) is 0 Å². The van der Waals surface area contributed by atoms with Gasteiger partial charge in [-0.25, -0.2) is 4.39 Å². The van der Waals surface area contributed by atoms with E-state index in [1.54, 1.807) is 6.07 Å². The Bertz CT molecular complexity index is 325. The summed E-state index contributed by atoms with van der Waals surface area (Å²) in [4.78, 5) is 2.12. The van der Waals surface area contributed by atoms with E-state index in [9.17, 15) is 4.39 Å². The molecule has 0 aromatic heterocycles. The van der Waals surface area contributed by atoms with Gasteiger partial charge in [0.15, 0.2) is 0 Å². The van der Waals surface area contributed by atoms with E-state index in [2.05, 4.69) is 4.90 Å². The Morgan fingerprint density at radius 3 is 3.08 bits per heavy atom. The van der Waals surface area contributed by atoms with E-state index in [-0.39, 0.29) is 5.82 Å². The average molecular weight is 180 g/mol. The van der Waals surface area contributed by atoms with E-state index in [4.69, 9.17) is 5.73 Å². The number of nitrogens with zero attached hydrogens (tertiary/aromatic N) is 1. The zero-order valence-corrected chi connectivity index (χ0v) is 7.63. The zero-order chi connectivity index (χ0) is 9.42. The highest BCUT2D eigenvalue weighted by molar-refractivity contribution is 5.58. The fourth-order valence-corrected chi connectivity index (χ4v) is 1.89. The van der Waals surface area contributed by atoms with Crippen LogP contribution >= 0.6 is 0 Å². The van der Waals surface area contributed by atoms with Gasteiger partial charge >= 0.3 is 0 Å². The summed E-state index contributed by atoms with van der Waals surface area (Å²) in [6, 6.07) is 5.24. The third-order valence-corrected chi connectivity index (χ3v) is 2.70. The van der Waals surface area contributed by atoms with Gasteiger partial charge in [-0.1, -0.05) is 0 Å². The van der Waals surface area contributed by atoms with Crippen molar-refractivity contribution in [2.75, 3.05) is 18.5 Å². The van der Waals surface area contributed by atoms with Crippen LogP contribution in [-0.2, 0) is 6.42 Å². The molecule has 1 aliphatic heterocycles. The molecule has 0 amide bonds. The molecule has 0 aliphatic carbocycles. The van der Waals surface area contributed by atoms with Gasteiger partial charge in [-0.15, -0.1) is 0 Å². The fraction of sp³-hybridized carbons (Fsp3) is 0.400. The van der Waals surface area contributed by atoms with E-state index >= 15 is 0 Å². The molecule has 0 bridgehead atoms. The molecule has 0 radical (unpaired) electrons. The van der Waals surface area contributed by atoms with Crippen LogP contribution in [0.4, 0.5) is 10.1 Å². The maximum atomic E-state index is 12.9. The quantitative estimate of drug-likeness (QED) is 0.702. The van der Waals surface area contributed by atoms with Crippen molar-refractivity contribution in [1.29, 1.82) is 0 Å². The van der Waals surface area contributed by atoms with Gasteiger partial charge in [-0.05, 0) is 30.2 Å². The van der Waals surface area contributed by atoms with Crippen molar-refractivity contribution in [2.24, 2.45) is 5.73 Å². The van der Waals surface area contributed by atoms with Crippen LogP contribution in [-0.4, -0.2) is 19.6 Å². The van der Waals surface area contributed by atoms with Crippen LogP contribution in [0.3, 0.4) is 0 Å². The highest BCUT2D eigenvalue weighted by Gasteiger charge is 2.24. The molecule has 0 saturated carbocycles. The minimum absolute atomic E-state index is 0.162. The van der Waals surface area contributed by atoms with Gasteiger partial charge in [0.2, 0.25) is 0 Å². The second-order valence-corrected chi connectivity index (χ2v) is 3.48. The van der Waals surface area contributed by atoms with Crippen LogP contribution in [0.1, 0.15) is 5.56 Å². The summed E-state index contributed by atoms with van der Waals surface area (Å²) < 4.78 is 12.9. The second-order valence-electron chi connectivity index (χ2n) is 3.48. The first-order chi connectivity index (χ1) is 6.22. The van der Waals surface area contributed by atoms with Gasteiger partial charge < -0.3 is 10.6 Å². The lowest BCUT2D eigenvalue weighted by Crippen LogP contribution is -2.34. The molecule has 1 atom stereocenters. The lowest BCUT2D eigenvalue weighted by atomic mass is 10.1. The summed E-state index contributed by atoms with van der Waals surface area (Å²) in [7, 11) is 2.00. The zero-order valence-electron chi connectivity index (χ0n) is 7.63. The third kappa shape index (κ3) is 1.29. The van der Waals surface area contributed by atoms with Crippen molar-refractivity contribution < 1.29 is 4.39 Å². The monoisotopic (exact) mass is 180 g/mol. The molecular weight excluding hydrogens is 167 g/mol. The molecule has 1 aromatic carbocycles. The normalized spacial score (nSPS) is 20.5. The summed E-state index contributed by atoms with van der Waals surface area (Å²) in [5, 5.41) is 0. The van der Waals surface area contributed by atoms with Crippen LogP contribution in [0, 0.1) is 5.82 Å². The fourth-order valence-electron chi connectivity index (χ4n) is 1.89. The summed E-state index contributed by atoms with van der Waals surface area (Å²) in [5.74, 6) is -0.162. The highest BCUT2D eigenvalue weighted by Crippen LogP contribution is 2.30. The first-order valence-electron chi connectivity index (χ1n) is 4.43. The van der Waals surface area contributed by atoms with Crippen molar-refractivity contribution in [1.82, 2.24) is 0 Å². The molecule has 2 nitrogen and oxygen atoms in total. The highest BCUT2D eigenvalue weighted by atomic mass is 19.1. The minimum atomic E-state index is -0.162. The number of rotatable bonds is 1. The Morgan fingerprint density at radius 2 is 2.38 bits per heavy atom. The molecule has 0 fully saturated rings. The number of anilines is 1. The molecule has 2 rings (SSSR count). The lowest BCUT2D eigenvalue weighted by Gasteiger charge is -2.20. The lowest BCUT2D eigenvalue weighted by molar-refractivity contribution is 0.625. The third-order valence-electron chi connectivity index (χ3n) is 2.70. The molecule has 13 heavy (non-hydrogen) atoms. The van der Waals surface area contributed by atoms with Crippen LogP contribution < -0.4 is 10.6 Å². The van der Waals surface area contributed by atoms with E-state index < -0.39 is 0 Å². The van der Waals surface area contributed by atoms with Crippen molar-refractivity contribution >= 4 is 5.69 Å². The molecule has 1 unspecified atom stereocenters. The topological polar surface area (TPSA) is 29.3 Å². The number of likely N-dealkylation sites (N-methyl/N-ethyl adjacent to an activating group) is 1. The Hall–Kier alpha value is -1.09. The van der Waals surface area contributed by atoms with Gasteiger partial charge in [-0.2, -0.15) is 0 Å². The van der Waals surface area contributed by atoms with Gasteiger partial charge in [-0.3, -0.25) is 0 Å². The van der Waals surface area contributed by atoms with E-state index in [1.165, 1.54) is 6.07 Å². The number of fused-ring (bicyclic) bond motifs is 1. The predicted molar refractivity (Wildman–Crippen MR) is 51.3 cm³/mol. The SMILES string of the molecule is CN1c2ccc(F)cc2CC1CN. The summed E-state index contributed by atoms with van der Waals surface area (Å²) in [6.07, 6.45) is 0.861. The van der Waals surface area contributed by atoms with Gasteiger partial charge in [0.1, 0.15) is 5.82 Å². The summed E-state index contributed by atoms with van der Waals surface area (Å²) in [5.41, 5.74) is 7.78. The van der Waals surface area contributed by atoms with Crippen molar-refractivity contribution in [3.8, 4) is 0 Å². The first kappa shape index (κ1) is 8.51. The smallest absolute Gasteiger partial charge is 0.123 e. The molecule has 3 heteroatoms. The minimum Gasteiger partial charge on any atom is -0.370 e. The molecular formula is C10H13FN2.